The monoisotopic (exact) mass is 509 g/mol. The summed E-state index contributed by atoms with van der Waals surface area (Å²) < 4.78 is 11.5. The summed E-state index contributed by atoms with van der Waals surface area (Å²) in [5, 5.41) is 12.2. The van der Waals surface area contributed by atoms with Crippen LogP contribution in [0.2, 0.25) is 0 Å². The Labute approximate surface area is 220 Å². The van der Waals surface area contributed by atoms with Crippen LogP contribution in [0.1, 0.15) is 22.6 Å². The highest BCUT2D eigenvalue weighted by Crippen LogP contribution is 2.39. The minimum Gasteiger partial charge on any atom is -0.486 e. The number of nitriles is 1. The molecule has 3 aromatic carbocycles. The van der Waals surface area contributed by atoms with E-state index in [4.69, 9.17) is 14.5 Å². The van der Waals surface area contributed by atoms with E-state index in [1.165, 1.54) is 0 Å². The summed E-state index contributed by atoms with van der Waals surface area (Å²) in [6.07, 6.45) is 0. The largest absolute Gasteiger partial charge is 0.486 e. The van der Waals surface area contributed by atoms with E-state index in [-0.39, 0.29) is 11.8 Å². The number of benzene rings is 3. The van der Waals surface area contributed by atoms with Crippen LogP contribution in [0.3, 0.4) is 0 Å². The Bertz CT molecular complexity index is 1470. The lowest BCUT2D eigenvalue weighted by atomic mass is 9.90. The maximum absolute atomic E-state index is 13.3. The smallest absolute Gasteiger partial charge is 0.240 e. The van der Waals surface area contributed by atoms with Crippen LogP contribution < -0.4 is 19.7 Å². The zero-order valence-electron chi connectivity index (χ0n) is 21.4. The zero-order valence-corrected chi connectivity index (χ0v) is 21.4. The molecule has 2 amide bonds. The third-order valence-electron chi connectivity index (χ3n) is 6.44. The van der Waals surface area contributed by atoms with Crippen molar-refractivity contribution in [2.45, 2.75) is 5.92 Å². The third kappa shape index (κ3) is 4.94. The van der Waals surface area contributed by atoms with Crippen molar-refractivity contribution in [3.63, 3.8) is 0 Å². The SMILES string of the molecule is CN(C)CC(=O)N(C)c1ccc(N=C(c2ccc3c(c2)OCCO3)C2C(=O)Nc3cc(C#N)ccc32)cc1. The van der Waals surface area contributed by atoms with Crippen molar-refractivity contribution in [2.24, 2.45) is 4.99 Å². The van der Waals surface area contributed by atoms with Gasteiger partial charge in [0.2, 0.25) is 11.8 Å². The number of hydrogen-bond donors (Lipinski definition) is 1. The van der Waals surface area contributed by atoms with Gasteiger partial charge in [-0.3, -0.25) is 14.6 Å². The Morgan fingerprint density at radius 3 is 2.47 bits per heavy atom. The molecule has 0 saturated heterocycles. The fraction of sp³-hybridized carbons (Fsp3) is 0.241. The van der Waals surface area contributed by atoms with Crippen LogP contribution in [0.25, 0.3) is 0 Å². The maximum Gasteiger partial charge on any atom is 0.240 e. The Balaban J connectivity index is 1.55. The van der Waals surface area contributed by atoms with Crippen molar-refractivity contribution in [2.75, 3.05) is 51.1 Å². The third-order valence-corrected chi connectivity index (χ3v) is 6.44. The number of likely N-dealkylation sites (N-methyl/N-ethyl adjacent to an activating group) is 2. The van der Waals surface area contributed by atoms with E-state index >= 15 is 0 Å². The number of nitrogens with zero attached hydrogens (tertiary/aromatic N) is 4. The van der Waals surface area contributed by atoms with Gasteiger partial charge in [-0.25, -0.2) is 0 Å². The number of aliphatic imine (C=N–C) groups is 1. The van der Waals surface area contributed by atoms with Gasteiger partial charge in [-0.05, 0) is 74.3 Å². The average Bonchev–Trinajstić information content (AvgIpc) is 3.25. The minimum absolute atomic E-state index is 0.0285. The number of anilines is 2. The van der Waals surface area contributed by atoms with Crippen LogP contribution in [-0.2, 0) is 9.59 Å². The predicted octanol–water partition coefficient (Wildman–Crippen LogP) is 3.71. The van der Waals surface area contributed by atoms with Crippen molar-refractivity contribution in [1.29, 1.82) is 5.26 Å². The molecule has 1 atom stereocenters. The lowest BCUT2D eigenvalue weighted by Crippen LogP contribution is -2.34. The summed E-state index contributed by atoms with van der Waals surface area (Å²) in [6, 6.07) is 20.1. The molecule has 192 valence electrons. The van der Waals surface area contributed by atoms with Crippen molar-refractivity contribution in [3.8, 4) is 17.6 Å². The Morgan fingerprint density at radius 1 is 1.03 bits per heavy atom. The van der Waals surface area contributed by atoms with Crippen molar-refractivity contribution in [3.05, 3.63) is 77.4 Å². The summed E-state index contributed by atoms with van der Waals surface area (Å²) in [7, 11) is 5.43. The quantitative estimate of drug-likeness (QED) is 0.508. The van der Waals surface area contributed by atoms with Gasteiger partial charge in [-0.15, -0.1) is 0 Å². The maximum atomic E-state index is 13.3. The van der Waals surface area contributed by atoms with E-state index in [1.807, 2.05) is 61.5 Å². The molecule has 0 spiro atoms. The topological polar surface area (TPSA) is 107 Å². The summed E-state index contributed by atoms with van der Waals surface area (Å²) in [6.45, 7) is 1.22. The van der Waals surface area contributed by atoms with E-state index in [1.54, 1.807) is 30.1 Å². The molecule has 9 heteroatoms. The number of rotatable bonds is 6. The summed E-state index contributed by atoms with van der Waals surface area (Å²) in [5.74, 6) is 0.290. The van der Waals surface area contributed by atoms with Gasteiger partial charge < -0.3 is 24.6 Å². The van der Waals surface area contributed by atoms with Gasteiger partial charge in [-0.2, -0.15) is 5.26 Å². The molecule has 2 aliphatic heterocycles. The molecule has 2 aliphatic rings. The molecule has 0 aromatic heterocycles. The number of carbonyl (C=O) groups excluding carboxylic acids is 2. The lowest BCUT2D eigenvalue weighted by Gasteiger charge is -2.21. The molecule has 0 fully saturated rings. The molecule has 2 heterocycles. The number of amides is 2. The first-order valence-corrected chi connectivity index (χ1v) is 12.2. The van der Waals surface area contributed by atoms with Crippen molar-refractivity contribution >= 4 is 34.6 Å². The molecule has 0 aliphatic carbocycles. The van der Waals surface area contributed by atoms with Gasteiger partial charge >= 0.3 is 0 Å². The van der Waals surface area contributed by atoms with Gasteiger partial charge in [0.05, 0.1) is 29.6 Å². The Hall–Kier alpha value is -4.68. The molecule has 38 heavy (non-hydrogen) atoms. The fourth-order valence-electron chi connectivity index (χ4n) is 4.51. The van der Waals surface area contributed by atoms with Crippen LogP contribution in [0.4, 0.5) is 17.1 Å². The second-order valence-corrected chi connectivity index (χ2v) is 9.40. The first kappa shape index (κ1) is 25.0. The van der Waals surface area contributed by atoms with Crippen molar-refractivity contribution in [1.82, 2.24) is 4.90 Å². The molecule has 1 N–H and O–H groups in total. The van der Waals surface area contributed by atoms with Crippen LogP contribution in [-0.4, -0.2) is 63.3 Å². The van der Waals surface area contributed by atoms with Crippen LogP contribution in [0.5, 0.6) is 11.5 Å². The van der Waals surface area contributed by atoms with E-state index < -0.39 is 5.92 Å². The summed E-state index contributed by atoms with van der Waals surface area (Å²) in [4.78, 5) is 34.1. The molecular formula is C29H27N5O4. The Morgan fingerprint density at radius 2 is 1.76 bits per heavy atom. The fourth-order valence-corrected chi connectivity index (χ4v) is 4.51. The second kappa shape index (κ2) is 10.4. The highest BCUT2D eigenvalue weighted by Gasteiger charge is 2.36. The molecule has 3 aromatic rings. The summed E-state index contributed by atoms with van der Waals surface area (Å²) in [5.41, 5.74) is 4.42. The first-order valence-electron chi connectivity index (χ1n) is 12.2. The van der Waals surface area contributed by atoms with Crippen molar-refractivity contribution < 1.29 is 19.1 Å². The van der Waals surface area contributed by atoms with Gasteiger partial charge in [0, 0.05) is 24.0 Å². The van der Waals surface area contributed by atoms with E-state index in [0.29, 0.717) is 59.5 Å². The lowest BCUT2D eigenvalue weighted by molar-refractivity contribution is -0.119. The van der Waals surface area contributed by atoms with Gasteiger partial charge in [0.25, 0.3) is 0 Å². The predicted molar refractivity (Wildman–Crippen MR) is 145 cm³/mol. The molecular weight excluding hydrogens is 482 g/mol. The normalized spacial score (nSPS) is 16.0. The van der Waals surface area contributed by atoms with Gasteiger partial charge in [0.1, 0.15) is 19.1 Å². The van der Waals surface area contributed by atoms with Gasteiger partial charge in [0.15, 0.2) is 11.5 Å². The van der Waals surface area contributed by atoms with E-state index in [9.17, 15) is 14.9 Å². The van der Waals surface area contributed by atoms with Crippen LogP contribution in [0.15, 0.2) is 65.7 Å². The number of hydrogen-bond acceptors (Lipinski definition) is 7. The second-order valence-electron chi connectivity index (χ2n) is 9.40. The van der Waals surface area contributed by atoms with Crippen LogP contribution >= 0.6 is 0 Å². The highest BCUT2D eigenvalue weighted by atomic mass is 16.6. The number of nitrogens with one attached hydrogen (secondary N) is 1. The van der Waals surface area contributed by atoms with E-state index in [2.05, 4.69) is 11.4 Å². The number of fused-ring (bicyclic) bond motifs is 2. The molecule has 0 bridgehead atoms. The zero-order chi connectivity index (χ0) is 26.8. The molecule has 9 nitrogen and oxygen atoms in total. The highest BCUT2D eigenvalue weighted by molar-refractivity contribution is 6.24. The minimum atomic E-state index is -0.690. The molecule has 1 unspecified atom stereocenters. The Kier molecular flexibility index (Phi) is 6.81. The summed E-state index contributed by atoms with van der Waals surface area (Å²) >= 11 is 0. The average molecular weight is 510 g/mol. The standard InChI is InChI=1S/C29H27N5O4/c1-33(2)17-26(35)34(3)21-8-6-20(7-9-21)31-28(19-5-11-24-25(15-19)38-13-12-37-24)27-22-10-4-18(16-30)14-23(22)32-29(27)36/h4-11,14-15,27H,12-13,17H2,1-3H3,(H,32,36). The number of carbonyl (C=O) groups is 2. The van der Waals surface area contributed by atoms with E-state index in [0.717, 1.165) is 11.3 Å². The molecule has 5 rings (SSSR count). The van der Waals surface area contributed by atoms with Gasteiger partial charge in [-0.1, -0.05) is 6.07 Å². The number of ether oxygens (including phenoxy) is 2. The first-order chi connectivity index (χ1) is 18.3. The van der Waals surface area contributed by atoms with Crippen LogP contribution in [0, 0.1) is 11.3 Å². The molecule has 0 radical (unpaired) electrons. The molecule has 0 saturated carbocycles.